The third kappa shape index (κ3) is 7.41. The zero-order valence-corrected chi connectivity index (χ0v) is 28.8. The van der Waals surface area contributed by atoms with Crippen molar-refractivity contribution >= 4 is 44.9 Å². The molecule has 0 bridgehead atoms. The number of fused-ring (bicyclic) bond motifs is 1. The van der Waals surface area contributed by atoms with Crippen LogP contribution < -0.4 is 9.80 Å². The summed E-state index contributed by atoms with van der Waals surface area (Å²) in [6.07, 6.45) is -0.429. The number of rotatable bonds is 5. The number of hydrogen-bond donors (Lipinski definition) is 0. The number of anilines is 2. The highest BCUT2D eigenvalue weighted by atomic mass is 32.2. The summed E-state index contributed by atoms with van der Waals surface area (Å²) < 4.78 is 45.5. The van der Waals surface area contributed by atoms with Crippen LogP contribution in [0, 0.1) is 6.92 Å². The summed E-state index contributed by atoms with van der Waals surface area (Å²) in [7, 11) is -3.92. The fourth-order valence-electron chi connectivity index (χ4n) is 5.10. The van der Waals surface area contributed by atoms with E-state index in [1.807, 2.05) is 18.7 Å². The normalized spacial score (nSPS) is 15.8. The topological polar surface area (TPSA) is 133 Å². The van der Waals surface area contributed by atoms with Gasteiger partial charge in [0, 0.05) is 29.8 Å². The SMILES string of the molecule is Cc1ccc(S(=O)(=O)n2ccc3c(-c4cc(N(C(=O)OC(C)(C)C)C(=O)OC(C)(C)C)nc(N5CCOC[C@H]5C)n4)cccc32)cc1. The molecule has 47 heavy (non-hydrogen) atoms. The fraction of sp³-hybridized carbons (Fsp3) is 0.412. The van der Waals surface area contributed by atoms with Gasteiger partial charge in [0.2, 0.25) is 5.95 Å². The number of carbonyl (C=O) groups is 2. The first-order valence-corrected chi connectivity index (χ1v) is 16.8. The first kappa shape index (κ1) is 33.9. The smallest absolute Gasteiger partial charge is 0.425 e. The third-order valence-electron chi connectivity index (χ3n) is 7.26. The summed E-state index contributed by atoms with van der Waals surface area (Å²) in [6, 6.07) is 15.0. The number of amides is 2. The monoisotopic (exact) mass is 663 g/mol. The van der Waals surface area contributed by atoms with Crippen molar-refractivity contribution in [3.8, 4) is 11.3 Å². The minimum absolute atomic E-state index is 0.0593. The first-order valence-electron chi connectivity index (χ1n) is 15.4. The highest BCUT2D eigenvalue weighted by molar-refractivity contribution is 7.90. The maximum atomic E-state index is 13.7. The molecule has 0 spiro atoms. The van der Waals surface area contributed by atoms with Crippen LogP contribution in [0.1, 0.15) is 54.0 Å². The number of morpholine rings is 1. The van der Waals surface area contributed by atoms with Gasteiger partial charge in [0.05, 0.1) is 35.4 Å². The lowest BCUT2D eigenvalue weighted by atomic mass is 10.1. The van der Waals surface area contributed by atoms with E-state index in [1.54, 1.807) is 90.1 Å². The lowest BCUT2D eigenvalue weighted by Crippen LogP contribution is -2.46. The summed E-state index contributed by atoms with van der Waals surface area (Å²) in [5.74, 6) is 0.199. The van der Waals surface area contributed by atoms with E-state index in [2.05, 4.69) is 4.98 Å². The van der Waals surface area contributed by atoms with E-state index >= 15 is 0 Å². The number of benzene rings is 2. The van der Waals surface area contributed by atoms with Crippen LogP contribution in [-0.2, 0) is 24.2 Å². The number of carbonyl (C=O) groups excluding carboxylic acids is 2. The Hall–Kier alpha value is -4.49. The molecule has 1 aliphatic rings. The van der Waals surface area contributed by atoms with Crippen LogP contribution in [0.5, 0.6) is 0 Å². The number of nitrogens with zero attached hydrogens (tertiary/aromatic N) is 5. The van der Waals surface area contributed by atoms with Crippen molar-refractivity contribution in [3.05, 3.63) is 66.4 Å². The summed E-state index contributed by atoms with van der Waals surface area (Å²) in [6.45, 7) is 15.4. The third-order valence-corrected chi connectivity index (χ3v) is 8.96. The molecule has 0 aliphatic carbocycles. The Balaban J connectivity index is 1.70. The van der Waals surface area contributed by atoms with Gasteiger partial charge < -0.3 is 19.1 Å². The molecule has 13 heteroatoms. The molecule has 1 aliphatic heterocycles. The largest absolute Gasteiger partial charge is 0.443 e. The second-order valence-electron chi connectivity index (χ2n) is 13.5. The minimum Gasteiger partial charge on any atom is -0.443 e. The van der Waals surface area contributed by atoms with E-state index in [9.17, 15) is 18.0 Å². The van der Waals surface area contributed by atoms with Crippen molar-refractivity contribution in [3.63, 3.8) is 0 Å². The van der Waals surface area contributed by atoms with Crippen molar-refractivity contribution in [2.24, 2.45) is 0 Å². The van der Waals surface area contributed by atoms with E-state index in [0.29, 0.717) is 41.9 Å². The zero-order valence-electron chi connectivity index (χ0n) is 28.0. The molecule has 0 unspecified atom stereocenters. The van der Waals surface area contributed by atoms with Crippen molar-refractivity contribution in [1.29, 1.82) is 0 Å². The second kappa shape index (κ2) is 12.6. The Morgan fingerprint density at radius 3 is 2.17 bits per heavy atom. The summed E-state index contributed by atoms with van der Waals surface area (Å²) in [5, 5.41) is 0.592. The summed E-state index contributed by atoms with van der Waals surface area (Å²) in [4.78, 5) is 39.7. The molecule has 1 atom stereocenters. The number of aromatic nitrogens is 3. The van der Waals surface area contributed by atoms with Gasteiger partial charge in [0.1, 0.15) is 11.2 Å². The Labute approximate surface area is 275 Å². The van der Waals surface area contributed by atoms with Crippen molar-refractivity contribution < 1.29 is 32.2 Å². The lowest BCUT2D eigenvalue weighted by Gasteiger charge is -2.34. The molecule has 1 fully saturated rings. The molecule has 1 saturated heterocycles. The molecular weight excluding hydrogens is 622 g/mol. The van der Waals surface area contributed by atoms with E-state index in [1.165, 1.54) is 16.2 Å². The van der Waals surface area contributed by atoms with Gasteiger partial charge in [-0.05, 0) is 79.7 Å². The van der Waals surface area contributed by atoms with E-state index in [4.69, 9.17) is 19.2 Å². The van der Waals surface area contributed by atoms with Crippen LogP contribution in [-0.4, -0.2) is 71.5 Å². The number of ether oxygens (including phenoxy) is 3. The Kier molecular flexibility index (Phi) is 9.08. The Bertz CT molecular complexity index is 1880. The van der Waals surface area contributed by atoms with Crippen LogP contribution in [0.15, 0.2) is 65.7 Å². The van der Waals surface area contributed by atoms with Gasteiger partial charge >= 0.3 is 12.2 Å². The maximum absolute atomic E-state index is 13.7. The molecule has 3 heterocycles. The Morgan fingerprint density at radius 1 is 0.936 bits per heavy atom. The Morgan fingerprint density at radius 2 is 1.57 bits per heavy atom. The van der Waals surface area contributed by atoms with Crippen LogP contribution in [0.25, 0.3) is 22.2 Å². The van der Waals surface area contributed by atoms with Crippen LogP contribution in [0.2, 0.25) is 0 Å². The van der Waals surface area contributed by atoms with Crippen LogP contribution in [0.4, 0.5) is 21.4 Å². The minimum atomic E-state index is -3.92. The highest BCUT2D eigenvalue weighted by Gasteiger charge is 2.35. The fourth-order valence-corrected chi connectivity index (χ4v) is 6.45. The average molecular weight is 664 g/mol. The molecule has 2 aromatic heterocycles. The van der Waals surface area contributed by atoms with E-state index in [-0.39, 0.29) is 22.7 Å². The molecule has 5 rings (SSSR count). The van der Waals surface area contributed by atoms with E-state index in [0.717, 1.165) is 10.5 Å². The molecule has 0 N–H and O–H groups in total. The van der Waals surface area contributed by atoms with Crippen LogP contribution >= 0.6 is 0 Å². The van der Waals surface area contributed by atoms with Gasteiger partial charge in [-0.25, -0.2) is 27.0 Å². The summed E-state index contributed by atoms with van der Waals surface area (Å²) >= 11 is 0. The molecule has 12 nitrogen and oxygen atoms in total. The average Bonchev–Trinajstić information content (AvgIpc) is 3.41. The highest BCUT2D eigenvalue weighted by Crippen LogP contribution is 2.34. The van der Waals surface area contributed by atoms with Gasteiger partial charge in [0.15, 0.2) is 5.82 Å². The quantitative estimate of drug-likeness (QED) is 0.232. The predicted octanol–water partition coefficient (Wildman–Crippen LogP) is 6.55. The van der Waals surface area contributed by atoms with Crippen molar-refractivity contribution in [2.75, 3.05) is 29.6 Å². The molecule has 2 aromatic carbocycles. The molecule has 2 amide bonds. The molecule has 0 radical (unpaired) electrons. The molecular formula is C34H41N5O7S. The number of aryl methyl sites for hydroxylation is 1. The van der Waals surface area contributed by atoms with Gasteiger partial charge in [-0.2, -0.15) is 9.88 Å². The van der Waals surface area contributed by atoms with Gasteiger partial charge in [-0.15, -0.1) is 0 Å². The summed E-state index contributed by atoms with van der Waals surface area (Å²) in [5.41, 5.74) is 0.454. The van der Waals surface area contributed by atoms with Crippen molar-refractivity contribution in [1.82, 2.24) is 13.9 Å². The first-order chi connectivity index (χ1) is 21.9. The van der Waals surface area contributed by atoms with Gasteiger partial charge in [-0.3, -0.25) is 0 Å². The van der Waals surface area contributed by atoms with Crippen LogP contribution in [0.3, 0.4) is 0 Å². The van der Waals surface area contributed by atoms with Gasteiger partial charge in [-0.1, -0.05) is 29.8 Å². The van der Waals surface area contributed by atoms with Crippen molar-refractivity contribution in [2.45, 2.75) is 77.5 Å². The predicted molar refractivity (Wildman–Crippen MR) is 179 cm³/mol. The lowest BCUT2D eigenvalue weighted by molar-refractivity contribution is 0.0429. The zero-order chi connectivity index (χ0) is 34.3. The maximum Gasteiger partial charge on any atom is 0.425 e. The standard InChI is InChI=1S/C34H41N5O7S/c1-22-12-14-24(15-13-22)47(42,43)38-17-16-26-25(10-9-11-28(26)38)27-20-29(36-30(35-27)37-18-19-44-21-23(37)2)39(31(40)45-33(3,4)5)32(41)46-34(6,7)8/h9-17,20,23H,18-19,21H2,1-8H3/t23-/m1/s1. The number of hydrogen-bond acceptors (Lipinski definition) is 10. The molecule has 4 aromatic rings. The van der Waals surface area contributed by atoms with E-state index < -0.39 is 33.4 Å². The number of imide groups is 1. The second-order valence-corrected chi connectivity index (χ2v) is 15.3. The van der Waals surface area contributed by atoms with Gasteiger partial charge in [0.25, 0.3) is 10.0 Å². The molecule has 250 valence electrons. The molecule has 0 saturated carbocycles.